The molecule has 37 heavy (non-hydrogen) atoms. The molecule has 1 aliphatic carbocycles. The van der Waals surface area contributed by atoms with Crippen LogP contribution in [0.25, 0.3) is 10.8 Å². The van der Waals surface area contributed by atoms with Gasteiger partial charge in [-0.1, -0.05) is 62.1 Å². The quantitative estimate of drug-likeness (QED) is 0.301. The molecule has 2 fully saturated rings. The lowest BCUT2D eigenvalue weighted by molar-refractivity contribution is 0.183. The Labute approximate surface area is 226 Å². The van der Waals surface area contributed by atoms with Gasteiger partial charge in [-0.15, -0.1) is 0 Å². The van der Waals surface area contributed by atoms with Crippen LogP contribution in [0, 0.1) is 0 Å². The molecule has 5 rings (SSSR count). The van der Waals surface area contributed by atoms with Gasteiger partial charge >= 0.3 is 0 Å². The Morgan fingerprint density at radius 2 is 1.54 bits per heavy atom. The van der Waals surface area contributed by atoms with Gasteiger partial charge in [0.25, 0.3) is 0 Å². The number of likely N-dealkylation sites (tertiary alicyclic amines) is 1. The zero-order chi connectivity index (χ0) is 25.3. The SMILES string of the molecule is S=C(Nc1ccc(OCc2ccc(OCCN3CCCCC3)cc2)c2ccccc12)NC1CCCCC1. The maximum Gasteiger partial charge on any atom is 0.171 e. The van der Waals surface area contributed by atoms with Crippen molar-refractivity contribution in [1.82, 2.24) is 10.2 Å². The number of rotatable bonds is 9. The predicted octanol–water partition coefficient (Wildman–Crippen LogP) is 6.90. The number of piperidine rings is 1. The first-order chi connectivity index (χ1) is 18.2. The Balaban J connectivity index is 1.15. The van der Waals surface area contributed by atoms with Crippen LogP contribution in [0.5, 0.6) is 11.5 Å². The van der Waals surface area contributed by atoms with Gasteiger partial charge in [0, 0.05) is 29.0 Å². The second-order valence-electron chi connectivity index (χ2n) is 10.3. The Morgan fingerprint density at radius 3 is 2.32 bits per heavy atom. The van der Waals surface area contributed by atoms with Crippen LogP contribution in [-0.4, -0.2) is 42.3 Å². The highest BCUT2D eigenvalue weighted by molar-refractivity contribution is 7.80. The highest BCUT2D eigenvalue weighted by Gasteiger charge is 2.15. The van der Waals surface area contributed by atoms with Crippen molar-refractivity contribution in [3.8, 4) is 11.5 Å². The fourth-order valence-electron chi connectivity index (χ4n) is 5.42. The van der Waals surface area contributed by atoms with Crippen molar-refractivity contribution < 1.29 is 9.47 Å². The number of hydrogen-bond donors (Lipinski definition) is 2. The van der Waals surface area contributed by atoms with Crippen molar-refractivity contribution in [2.45, 2.75) is 64.0 Å². The van der Waals surface area contributed by atoms with Crippen LogP contribution in [0.1, 0.15) is 56.9 Å². The maximum atomic E-state index is 6.26. The Bertz CT molecular complexity index is 1150. The molecule has 3 aromatic carbocycles. The molecule has 1 aliphatic heterocycles. The van der Waals surface area contributed by atoms with Crippen molar-refractivity contribution in [3.05, 3.63) is 66.2 Å². The van der Waals surface area contributed by atoms with E-state index in [1.807, 2.05) is 24.3 Å². The Morgan fingerprint density at radius 1 is 0.811 bits per heavy atom. The third-order valence-electron chi connectivity index (χ3n) is 7.52. The number of anilines is 1. The molecule has 196 valence electrons. The summed E-state index contributed by atoms with van der Waals surface area (Å²) in [6, 6.07) is 21.2. The lowest BCUT2D eigenvalue weighted by Gasteiger charge is -2.26. The van der Waals surface area contributed by atoms with E-state index in [2.05, 4.69) is 51.9 Å². The van der Waals surface area contributed by atoms with Crippen molar-refractivity contribution in [3.63, 3.8) is 0 Å². The van der Waals surface area contributed by atoms with E-state index in [4.69, 9.17) is 21.7 Å². The molecule has 5 nitrogen and oxygen atoms in total. The maximum absolute atomic E-state index is 6.26. The van der Waals surface area contributed by atoms with Gasteiger partial charge in [-0.05, 0) is 80.8 Å². The largest absolute Gasteiger partial charge is 0.492 e. The molecule has 0 unspecified atom stereocenters. The molecule has 1 heterocycles. The smallest absolute Gasteiger partial charge is 0.171 e. The first-order valence-electron chi connectivity index (χ1n) is 13.9. The van der Waals surface area contributed by atoms with Gasteiger partial charge in [0.1, 0.15) is 24.7 Å². The molecule has 0 radical (unpaired) electrons. The molecule has 2 aliphatic rings. The highest BCUT2D eigenvalue weighted by Crippen LogP contribution is 2.32. The molecule has 3 aromatic rings. The van der Waals surface area contributed by atoms with E-state index < -0.39 is 0 Å². The minimum Gasteiger partial charge on any atom is -0.492 e. The molecular weight excluding hydrogens is 478 g/mol. The van der Waals surface area contributed by atoms with Gasteiger partial charge in [0.15, 0.2) is 5.11 Å². The topological polar surface area (TPSA) is 45.8 Å². The zero-order valence-corrected chi connectivity index (χ0v) is 22.5. The standard InChI is InChI=1S/C31H39N3O2S/c37-31(32-25-9-3-1-4-10-25)33-29-17-18-30(28-12-6-5-11-27(28)29)36-23-24-13-15-26(16-14-24)35-22-21-34-19-7-2-8-20-34/h5-6,11-18,25H,1-4,7-10,19-23H2,(H2,32,33,37). The number of nitrogens with one attached hydrogen (secondary N) is 2. The van der Waals surface area contributed by atoms with Gasteiger partial charge in [0.05, 0.1) is 0 Å². The molecule has 2 N–H and O–H groups in total. The summed E-state index contributed by atoms with van der Waals surface area (Å²) in [6.07, 6.45) is 10.3. The lowest BCUT2D eigenvalue weighted by Crippen LogP contribution is -2.38. The van der Waals surface area contributed by atoms with Gasteiger partial charge < -0.3 is 20.1 Å². The zero-order valence-electron chi connectivity index (χ0n) is 21.7. The van der Waals surface area contributed by atoms with E-state index in [-0.39, 0.29) is 0 Å². The predicted molar refractivity (Wildman–Crippen MR) is 157 cm³/mol. The van der Waals surface area contributed by atoms with Crippen LogP contribution >= 0.6 is 12.2 Å². The molecule has 1 saturated carbocycles. The molecule has 6 heteroatoms. The summed E-state index contributed by atoms with van der Waals surface area (Å²) in [5, 5.41) is 9.80. The van der Waals surface area contributed by atoms with Crippen LogP contribution in [0.2, 0.25) is 0 Å². The number of ether oxygens (including phenoxy) is 2. The number of nitrogens with zero attached hydrogens (tertiary/aromatic N) is 1. The van der Waals surface area contributed by atoms with Crippen molar-refractivity contribution in [2.75, 3.05) is 31.6 Å². The summed E-state index contributed by atoms with van der Waals surface area (Å²) in [5.41, 5.74) is 2.12. The average Bonchev–Trinajstić information content (AvgIpc) is 2.94. The highest BCUT2D eigenvalue weighted by atomic mass is 32.1. The molecule has 0 bridgehead atoms. The fraction of sp³-hybridized carbons (Fsp3) is 0.452. The van der Waals surface area contributed by atoms with E-state index in [0.717, 1.165) is 46.7 Å². The van der Waals surface area contributed by atoms with Crippen molar-refractivity contribution in [1.29, 1.82) is 0 Å². The van der Waals surface area contributed by atoms with Gasteiger partial charge in [-0.3, -0.25) is 4.90 Å². The van der Waals surface area contributed by atoms with E-state index in [1.165, 1.54) is 64.5 Å². The van der Waals surface area contributed by atoms with Crippen molar-refractivity contribution in [2.24, 2.45) is 0 Å². The van der Waals surface area contributed by atoms with E-state index >= 15 is 0 Å². The first kappa shape index (κ1) is 25.8. The van der Waals surface area contributed by atoms with E-state index in [1.54, 1.807) is 0 Å². The Kier molecular flexibility index (Phi) is 9.14. The third kappa shape index (κ3) is 7.36. The second kappa shape index (κ2) is 13.1. The summed E-state index contributed by atoms with van der Waals surface area (Å²) >= 11 is 5.63. The second-order valence-corrected chi connectivity index (χ2v) is 10.7. The van der Waals surface area contributed by atoms with Gasteiger partial charge in [-0.2, -0.15) is 0 Å². The summed E-state index contributed by atoms with van der Waals surface area (Å²) in [6.45, 7) is 4.66. The van der Waals surface area contributed by atoms with Gasteiger partial charge in [0.2, 0.25) is 0 Å². The summed E-state index contributed by atoms with van der Waals surface area (Å²) in [4.78, 5) is 2.50. The molecule has 0 spiro atoms. The van der Waals surface area contributed by atoms with Crippen LogP contribution in [0.4, 0.5) is 5.69 Å². The number of hydrogen-bond acceptors (Lipinski definition) is 4. The minimum atomic E-state index is 0.481. The first-order valence-corrected chi connectivity index (χ1v) is 14.3. The summed E-state index contributed by atoms with van der Waals surface area (Å²) in [7, 11) is 0. The van der Waals surface area contributed by atoms with Crippen LogP contribution in [0.3, 0.4) is 0 Å². The number of fused-ring (bicyclic) bond motifs is 1. The summed E-state index contributed by atoms with van der Waals surface area (Å²) in [5.74, 6) is 1.79. The number of benzene rings is 3. The fourth-order valence-corrected chi connectivity index (χ4v) is 5.69. The monoisotopic (exact) mass is 517 g/mol. The number of thiocarbonyl (C=S) groups is 1. The van der Waals surface area contributed by atoms with E-state index in [0.29, 0.717) is 17.8 Å². The van der Waals surface area contributed by atoms with Crippen molar-refractivity contribution >= 4 is 33.8 Å². The lowest BCUT2D eigenvalue weighted by atomic mass is 9.96. The van der Waals surface area contributed by atoms with Crippen LogP contribution in [0.15, 0.2) is 60.7 Å². The van der Waals surface area contributed by atoms with Crippen LogP contribution in [-0.2, 0) is 6.61 Å². The molecule has 0 aromatic heterocycles. The van der Waals surface area contributed by atoms with E-state index in [9.17, 15) is 0 Å². The third-order valence-corrected chi connectivity index (χ3v) is 7.74. The van der Waals surface area contributed by atoms with Crippen LogP contribution < -0.4 is 20.1 Å². The molecule has 1 saturated heterocycles. The minimum absolute atomic E-state index is 0.481. The summed E-state index contributed by atoms with van der Waals surface area (Å²) < 4.78 is 12.2. The molecule has 0 amide bonds. The molecule has 0 atom stereocenters. The Hall–Kier alpha value is -2.83. The normalized spacial score (nSPS) is 16.9. The van der Waals surface area contributed by atoms with Gasteiger partial charge in [-0.25, -0.2) is 0 Å². The average molecular weight is 518 g/mol. The molecular formula is C31H39N3O2S.